The van der Waals surface area contributed by atoms with Gasteiger partial charge in [-0.25, -0.2) is 9.78 Å². The number of aliphatic carboxylic acids is 1. The van der Waals surface area contributed by atoms with Crippen LogP contribution in [-0.2, 0) is 70.4 Å². The summed E-state index contributed by atoms with van der Waals surface area (Å²) in [6.45, 7) is 4.04. The number of aliphatic hydroxyl groups excluding tert-OH is 2. The number of carboxylic acids is 1. The zero-order chi connectivity index (χ0) is 63.9. The van der Waals surface area contributed by atoms with E-state index in [1.807, 2.05) is 0 Å². The van der Waals surface area contributed by atoms with Gasteiger partial charge in [0.05, 0.1) is 37.4 Å². The van der Waals surface area contributed by atoms with Gasteiger partial charge in [0.2, 0.25) is 65.0 Å². The topological polar surface area (TPSA) is 579 Å². The number of hydrogen-bond acceptors (Lipinski definition) is 20. The van der Waals surface area contributed by atoms with Gasteiger partial charge in [0, 0.05) is 24.7 Å². The van der Waals surface area contributed by atoms with Crippen molar-refractivity contribution in [2.24, 2.45) is 34.4 Å². The summed E-state index contributed by atoms with van der Waals surface area (Å²) in [5.74, 6) is -12.8. The number of aromatic hydroxyl groups is 1. The molecule has 26 N–H and O–H groups in total. The summed E-state index contributed by atoms with van der Waals surface area (Å²) in [5, 5.41) is 62.6. The van der Waals surface area contributed by atoms with Crippen molar-refractivity contribution in [2.45, 2.75) is 177 Å². The minimum atomic E-state index is -1.88. The lowest BCUT2D eigenvalue weighted by atomic mass is 10.0. The van der Waals surface area contributed by atoms with Crippen LogP contribution in [0.2, 0.25) is 0 Å². The minimum absolute atomic E-state index is 0.0424. The van der Waals surface area contributed by atoms with Gasteiger partial charge in [0.1, 0.15) is 60.1 Å². The Bertz CT molecular complexity index is 2540. The van der Waals surface area contributed by atoms with E-state index in [4.69, 9.17) is 34.4 Å². The zero-order valence-electron chi connectivity index (χ0n) is 47.8. The van der Waals surface area contributed by atoms with Crippen LogP contribution < -0.4 is 82.3 Å². The van der Waals surface area contributed by atoms with Gasteiger partial charge >= 0.3 is 5.97 Å². The fourth-order valence-corrected chi connectivity index (χ4v) is 8.24. The summed E-state index contributed by atoms with van der Waals surface area (Å²) in [5.41, 5.74) is 34.2. The molecular weight excluding hydrogens is 1120 g/mol. The van der Waals surface area contributed by atoms with Gasteiger partial charge in [-0.05, 0) is 116 Å². The molecule has 0 aliphatic heterocycles. The molecule has 33 nitrogen and oxygen atoms in total. The molecule has 1 aromatic heterocycles. The Balaban J connectivity index is 2.38. The van der Waals surface area contributed by atoms with E-state index in [-0.39, 0.29) is 76.8 Å². The lowest BCUT2D eigenvalue weighted by Crippen LogP contribution is -2.63. The van der Waals surface area contributed by atoms with E-state index in [9.17, 15) is 78.0 Å². The Morgan fingerprint density at radius 1 is 0.494 bits per heavy atom. The molecule has 12 atom stereocenters. The van der Waals surface area contributed by atoms with Gasteiger partial charge < -0.3 is 108 Å². The van der Waals surface area contributed by atoms with Crippen molar-refractivity contribution in [3.63, 3.8) is 0 Å². The number of hydrogen-bond donors (Lipinski definition) is 20. The number of aromatic amines is 1. The van der Waals surface area contributed by atoms with Crippen LogP contribution in [-0.4, -0.2) is 194 Å². The number of carboxylic acid groups (broad SMARTS) is 1. The van der Waals surface area contributed by atoms with Crippen LogP contribution in [0.4, 0.5) is 0 Å². The summed E-state index contributed by atoms with van der Waals surface area (Å²) in [6.07, 6.45) is -1.17. The number of carbonyl (C=O) groups excluding carboxylic acids is 11. The molecule has 2 rings (SSSR count). The summed E-state index contributed by atoms with van der Waals surface area (Å²) in [6, 6.07) is -10.1. The average molecular weight is 1200 g/mol. The maximum Gasteiger partial charge on any atom is 0.326 e. The second-order valence-electron chi connectivity index (χ2n) is 20.3. The number of nitrogens with one attached hydrogen (secondary N) is 10. The van der Waals surface area contributed by atoms with E-state index in [2.05, 4.69) is 57.8 Å². The summed E-state index contributed by atoms with van der Waals surface area (Å²) < 4.78 is 0. The fraction of sp³-hybridized carbons (Fsp3) is 0.596. The van der Waals surface area contributed by atoms with E-state index in [0.29, 0.717) is 30.5 Å². The first kappa shape index (κ1) is 72.7. The maximum atomic E-state index is 14.2. The Labute approximate surface area is 490 Å². The molecule has 0 aliphatic carbocycles. The molecule has 474 valence electrons. The van der Waals surface area contributed by atoms with Gasteiger partial charge in [-0.1, -0.05) is 12.1 Å². The number of H-pyrrole nitrogens is 1. The highest BCUT2D eigenvalue weighted by Gasteiger charge is 2.37. The second kappa shape index (κ2) is 37.8. The quantitative estimate of drug-likeness (QED) is 0.0275. The zero-order valence-corrected chi connectivity index (χ0v) is 47.8. The first-order chi connectivity index (χ1) is 40.1. The third-order valence-electron chi connectivity index (χ3n) is 13.0. The Hall–Kier alpha value is -8.37. The normalized spacial score (nSPS) is 15.4. The Morgan fingerprint density at radius 3 is 1.32 bits per heavy atom. The van der Waals surface area contributed by atoms with Crippen LogP contribution in [0.1, 0.15) is 103 Å². The van der Waals surface area contributed by atoms with Crippen molar-refractivity contribution in [1.82, 2.24) is 57.8 Å². The number of amides is 11. The number of nitrogens with zero attached hydrogens (tertiary/aromatic N) is 1. The van der Waals surface area contributed by atoms with Crippen molar-refractivity contribution < 1.29 is 78.0 Å². The Kier molecular flexibility index (Phi) is 32.3. The molecule has 33 heteroatoms. The molecule has 0 saturated heterocycles. The van der Waals surface area contributed by atoms with E-state index >= 15 is 0 Å². The first-order valence-corrected chi connectivity index (χ1v) is 27.6. The lowest BCUT2D eigenvalue weighted by Gasteiger charge is -2.29. The molecule has 0 bridgehead atoms. The number of phenolic OH excluding ortho intramolecular Hbond substituents is 1. The number of aromatic nitrogens is 2. The number of unbranched alkanes of at least 4 members (excludes halogenated alkanes) is 3. The van der Waals surface area contributed by atoms with Crippen molar-refractivity contribution >= 4 is 70.9 Å². The maximum absolute atomic E-state index is 14.2. The molecule has 0 aliphatic rings. The lowest BCUT2D eigenvalue weighted by molar-refractivity contribution is -0.142. The number of imidazole rings is 1. The highest BCUT2D eigenvalue weighted by atomic mass is 16.4. The van der Waals surface area contributed by atoms with Crippen LogP contribution in [0, 0.1) is 0 Å². The smallest absolute Gasteiger partial charge is 0.326 e. The van der Waals surface area contributed by atoms with Crippen LogP contribution in [0.25, 0.3) is 0 Å². The third kappa shape index (κ3) is 26.8. The molecule has 0 spiro atoms. The SMILES string of the molecule is C[C@H](NC(=O)[C@H](Cc1cnc[nH]1)NC(=O)[C@H](CCCCN)NC(=O)[C@@H](NC(=O)[C@H](CCCCN)NC(=O)[C@H](CC(N)=O)NC(=O)[C@@H](NC(=O)[C@H](CCCCN)NC(=O)[C@@H](N)CC(N)=O)[C@@H](C)O)[C@@H](C)O)C(=O)N[C@@H](Cc1ccc(O)cc1)C(=O)O. The summed E-state index contributed by atoms with van der Waals surface area (Å²) in [7, 11) is 0. The predicted molar refractivity (Wildman–Crippen MR) is 302 cm³/mol. The molecule has 1 heterocycles. The molecule has 2 aromatic rings. The molecular formula is C52H85N17O16. The predicted octanol–water partition coefficient (Wildman–Crippen LogP) is -7.41. The number of aliphatic hydroxyl groups is 2. The van der Waals surface area contributed by atoms with Crippen LogP contribution in [0.5, 0.6) is 5.75 Å². The van der Waals surface area contributed by atoms with Crippen LogP contribution in [0.3, 0.4) is 0 Å². The van der Waals surface area contributed by atoms with E-state index in [0.717, 1.165) is 13.8 Å². The van der Waals surface area contributed by atoms with E-state index < -0.39 is 156 Å². The van der Waals surface area contributed by atoms with Gasteiger partial charge in [-0.3, -0.25) is 52.7 Å². The molecule has 0 saturated carbocycles. The van der Waals surface area contributed by atoms with Gasteiger partial charge in [0.15, 0.2) is 0 Å². The summed E-state index contributed by atoms with van der Waals surface area (Å²) >= 11 is 0. The number of carbonyl (C=O) groups is 12. The first-order valence-electron chi connectivity index (χ1n) is 27.6. The van der Waals surface area contributed by atoms with Gasteiger partial charge in [0.25, 0.3) is 0 Å². The minimum Gasteiger partial charge on any atom is -0.508 e. The van der Waals surface area contributed by atoms with Gasteiger partial charge in [-0.2, -0.15) is 0 Å². The highest BCUT2D eigenvalue weighted by molar-refractivity contribution is 6.00. The number of nitrogens with two attached hydrogens (primary N) is 6. The number of rotatable bonds is 41. The van der Waals surface area contributed by atoms with Gasteiger partial charge in [-0.15, -0.1) is 0 Å². The third-order valence-corrected chi connectivity index (χ3v) is 13.0. The van der Waals surface area contributed by atoms with E-state index in [1.165, 1.54) is 43.7 Å². The molecule has 11 amide bonds. The van der Waals surface area contributed by atoms with Crippen molar-refractivity contribution in [2.75, 3.05) is 19.6 Å². The molecule has 0 fully saturated rings. The Morgan fingerprint density at radius 2 is 0.894 bits per heavy atom. The van der Waals surface area contributed by atoms with Crippen LogP contribution >= 0.6 is 0 Å². The average Bonchev–Trinajstić information content (AvgIpc) is 4.13. The van der Waals surface area contributed by atoms with Crippen molar-refractivity contribution in [3.8, 4) is 5.75 Å². The second-order valence-corrected chi connectivity index (χ2v) is 20.3. The molecule has 0 unspecified atom stereocenters. The van der Waals surface area contributed by atoms with Crippen molar-refractivity contribution in [3.05, 3.63) is 48.0 Å². The fourth-order valence-electron chi connectivity index (χ4n) is 8.24. The molecule has 1 aromatic carbocycles. The number of benzene rings is 1. The molecule has 85 heavy (non-hydrogen) atoms. The van der Waals surface area contributed by atoms with Crippen molar-refractivity contribution in [1.29, 1.82) is 0 Å². The van der Waals surface area contributed by atoms with E-state index in [1.54, 1.807) is 0 Å². The molecule has 0 radical (unpaired) electrons. The summed E-state index contributed by atoms with van der Waals surface area (Å²) in [4.78, 5) is 166. The monoisotopic (exact) mass is 1200 g/mol. The highest BCUT2D eigenvalue weighted by Crippen LogP contribution is 2.13. The number of primary amides is 2. The largest absolute Gasteiger partial charge is 0.508 e. The van der Waals surface area contributed by atoms with Crippen LogP contribution in [0.15, 0.2) is 36.8 Å². The standard InChI is InChI=1S/C52H85N17O16/c1-26(43(75)67-38(52(84)85)20-29-13-15-31(72)16-14-29)61-48(80)36(21-30-24-59-25-60-30)65-45(77)33(10-4-7-17-53)64-50(82)41(27(2)70)68-47(79)35(12-6-9-19-55)63-49(81)37(23-40(58)74)66-51(83)42(28(3)71)69-46(78)34(11-5-8-18-54)62-44(76)32(56)22-39(57)73/h13-16,24-28,32-38,41-42,70-72H,4-12,17-23,53-56H2,1-3H3,(H2,57,73)(H2,58,74)(H,59,60)(H,61,80)(H,62,76)(H,63,81)(H,64,82)(H,65,77)(H,66,83)(H,67,75)(H,68,79)(H,69,78)(H,84,85)/t26-,27+,28+,32-,33-,34-,35-,36-,37-,38-,41-,42-/m0/s1. The number of phenols is 1.